The van der Waals surface area contributed by atoms with Crippen LogP contribution in [0.5, 0.6) is 5.75 Å². The average molecular weight is 522 g/mol. The number of hydrogen-bond donors (Lipinski definition) is 0. The topological polar surface area (TPSA) is 91.4 Å². The molecule has 0 saturated heterocycles. The van der Waals surface area contributed by atoms with Crippen LogP contribution in [0.25, 0.3) is 28.0 Å². The zero-order valence-corrected chi connectivity index (χ0v) is 19.9. The predicted octanol–water partition coefficient (Wildman–Crippen LogP) is 2.99. The summed E-state index contributed by atoms with van der Waals surface area (Å²) in [5, 5.41) is 8.87. The van der Waals surface area contributed by atoms with Gasteiger partial charge >= 0.3 is 0 Å². The van der Waals surface area contributed by atoms with E-state index in [0.29, 0.717) is 16.0 Å². The van der Waals surface area contributed by atoms with Gasteiger partial charge in [0.2, 0.25) is 4.96 Å². The van der Waals surface area contributed by atoms with Crippen LogP contribution in [0, 0.1) is 6.92 Å². The first-order chi connectivity index (χ1) is 15.9. The van der Waals surface area contributed by atoms with Gasteiger partial charge in [-0.1, -0.05) is 29.5 Å². The minimum absolute atomic E-state index is 0.176. The number of rotatable bonds is 4. The van der Waals surface area contributed by atoms with Gasteiger partial charge < -0.3 is 4.74 Å². The first-order valence-electron chi connectivity index (χ1n) is 9.86. The van der Waals surface area contributed by atoms with Crippen molar-refractivity contribution in [3.8, 4) is 22.7 Å². The van der Waals surface area contributed by atoms with Crippen LogP contribution >= 0.6 is 27.3 Å². The van der Waals surface area contributed by atoms with E-state index in [1.807, 2.05) is 54.7 Å². The molecule has 0 aliphatic carbocycles. The molecule has 8 nitrogen and oxygen atoms in total. The number of ether oxygens (including phenoxy) is 1. The number of methoxy groups -OCH3 is 1. The van der Waals surface area contributed by atoms with Gasteiger partial charge in [-0.3, -0.25) is 9.59 Å². The molecule has 5 rings (SSSR count). The van der Waals surface area contributed by atoms with Gasteiger partial charge in [0.05, 0.1) is 21.8 Å². The molecule has 33 heavy (non-hydrogen) atoms. The van der Waals surface area contributed by atoms with Crippen molar-refractivity contribution in [2.45, 2.75) is 6.92 Å². The monoisotopic (exact) mass is 521 g/mol. The van der Waals surface area contributed by atoms with Gasteiger partial charge in [0.25, 0.3) is 11.1 Å². The van der Waals surface area contributed by atoms with Crippen molar-refractivity contribution < 1.29 is 4.74 Å². The van der Waals surface area contributed by atoms with Gasteiger partial charge in [0.1, 0.15) is 17.1 Å². The highest BCUT2D eigenvalue weighted by molar-refractivity contribution is 9.10. The van der Waals surface area contributed by atoms with Crippen molar-refractivity contribution in [1.82, 2.24) is 24.4 Å². The molecule has 0 aliphatic heterocycles. The quantitative estimate of drug-likeness (QED) is 0.361. The lowest BCUT2D eigenvalue weighted by Crippen LogP contribution is -2.27. The Labute approximate surface area is 199 Å². The predicted molar refractivity (Wildman–Crippen MR) is 130 cm³/mol. The van der Waals surface area contributed by atoms with E-state index in [1.165, 1.54) is 11.4 Å². The van der Waals surface area contributed by atoms with Crippen molar-refractivity contribution in [2.75, 3.05) is 7.11 Å². The van der Waals surface area contributed by atoms with Crippen LogP contribution in [0.4, 0.5) is 0 Å². The van der Waals surface area contributed by atoms with Gasteiger partial charge in [-0.25, -0.2) is 4.68 Å². The van der Waals surface area contributed by atoms with Crippen LogP contribution in [-0.2, 0) is 0 Å². The smallest absolute Gasteiger partial charge is 0.295 e. The number of hydrogen-bond acceptors (Lipinski definition) is 7. The largest absolute Gasteiger partial charge is 0.496 e. The number of fused-ring (bicyclic) bond motifs is 1. The van der Waals surface area contributed by atoms with Crippen molar-refractivity contribution in [2.24, 2.45) is 0 Å². The van der Waals surface area contributed by atoms with Crippen molar-refractivity contribution >= 4 is 38.3 Å². The molecule has 164 valence electrons. The fourth-order valence-corrected chi connectivity index (χ4v) is 4.81. The summed E-state index contributed by atoms with van der Waals surface area (Å²) in [5.41, 5.74) is 2.55. The number of thiazole rings is 1. The Balaban J connectivity index is 1.75. The average Bonchev–Trinajstić information content (AvgIpc) is 3.36. The summed E-state index contributed by atoms with van der Waals surface area (Å²) in [7, 11) is 1.61. The summed E-state index contributed by atoms with van der Waals surface area (Å²) in [5.74, 6) is 0.704. The third-order valence-electron chi connectivity index (χ3n) is 5.02. The second-order valence-corrected chi connectivity index (χ2v) is 9.04. The number of aromatic nitrogens is 5. The van der Waals surface area contributed by atoms with Gasteiger partial charge in [-0.15, -0.1) is 0 Å². The summed E-state index contributed by atoms with van der Waals surface area (Å²) in [6.45, 7) is 1.53. The molecule has 0 aliphatic rings. The van der Waals surface area contributed by atoms with Gasteiger partial charge in [-0.2, -0.15) is 19.7 Å². The number of nitrogens with zero attached hydrogens (tertiary/aromatic N) is 5. The maximum Gasteiger partial charge on any atom is 0.295 e. The number of aryl methyl sites for hydroxylation is 1. The Morgan fingerprint density at radius 3 is 2.61 bits per heavy atom. The van der Waals surface area contributed by atoms with E-state index in [0.717, 1.165) is 32.6 Å². The fourth-order valence-electron chi connectivity index (χ4n) is 3.37. The van der Waals surface area contributed by atoms with E-state index in [9.17, 15) is 9.59 Å². The molecule has 0 N–H and O–H groups in total. The van der Waals surface area contributed by atoms with E-state index in [-0.39, 0.29) is 16.2 Å². The highest BCUT2D eigenvalue weighted by Gasteiger charge is 2.15. The Bertz CT molecular complexity index is 1670. The number of para-hydroxylation sites is 1. The maximum absolute atomic E-state index is 12.9. The normalized spacial score (nSPS) is 11.9. The number of halogens is 1. The third-order valence-corrected chi connectivity index (χ3v) is 6.60. The lowest BCUT2D eigenvalue weighted by molar-refractivity contribution is 0.412. The lowest BCUT2D eigenvalue weighted by Gasteiger charge is -2.05. The van der Waals surface area contributed by atoms with Crippen molar-refractivity contribution in [3.63, 3.8) is 0 Å². The molecule has 10 heteroatoms. The van der Waals surface area contributed by atoms with Gasteiger partial charge in [-0.05, 0) is 59.3 Å². The number of benzene rings is 2. The second kappa shape index (κ2) is 8.38. The summed E-state index contributed by atoms with van der Waals surface area (Å²) >= 11 is 4.64. The molecular formula is C23H16BrN5O3S. The molecule has 0 radical (unpaired) electrons. The molecule has 2 aromatic carbocycles. The highest BCUT2D eigenvalue weighted by atomic mass is 79.9. The van der Waals surface area contributed by atoms with Crippen LogP contribution in [0.3, 0.4) is 0 Å². The third kappa shape index (κ3) is 3.87. The molecule has 5 aromatic rings. The summed E-state index contributed by atoms with van der Waals surface area (Å²) in [6, 6.07) is 15.4. The van der Waals surface area contributed by atoms with Gasteiger partial charge in [0, 0.05) is 17.3 Å². The Hall–Kier alpha value is -3.63. The van der Waals surface area contributed by atoms with E-state index in [4.69, 9.17) is 9.84 Å². The minimum Gasteiger partial charge on any atom is -0.496 e. The zero-order valence-electron chi connectivity index (χ0n) is 17.5. The van der Waals surface area contributed by atoms with Crippen LogP contribution < -0.4 is 20.4 Å². The minimum atomic E-state index is -0.441. The summed E-state index contributed by atoms with van der Waals surface area (Å²) < 4.78 is 9.47. The lowest BCUT2D eigenvalue weighted by atomic mass is 10.1. The van der Waals surface area contributed by atoms with E-state index in [1.54, 1.807) is 17.9 Å². The molecule has 3 aromatic heterocycles. The van der Waals surface area contributed by atoms with Crippen molar-refractivity contribution in [1.29, 1.82) is 0 Å². The van der Waals surface area contributed by atoms with Crippen LogP contribution in [0.1, 0.15) is 11.3 Å². The molecule has 0 fully saturated rings. The molecule has 0 amide bonds. The van der Waals surface area contributed by atoms with Crippen LogP contribution in [0.15, 0.2) is 68.8 Å². The van der Waals surface area contributed by atoms with Crippen LogP contribution in [-0.4, -0.2) is 31.5 Å². The van der Waals surface area contributed by atoms with E-state index in [2.05, 4.69) is 26.0 Å². The molecule has 0 bridgehead atoms. The Morgan fingerprint density at radius 2 is 1.88 bits per heavy atom. The Morgan fingerprint density at radius 1 is 1.09 bits per heavy atom. The fraction of sp³-hybridized carbons (Fsp3) is 0.0870. The molecular weight excluding hydrogens is 506 g/mol. The molecule has 0 spiro atoms. The van der Waals surface area contributed by atoms with E-state index < -0.39 is 5.56 Å². The SMILES string of the molecule is COc1ccc(-c2nn(-c3ccccc3)cc2C=c2sc3nc(=O)c(C)nn3c2=O)cc1Br. The standard InChI is InChI=1S/C23H16BrN5O3S/c1-13-21(30)25-23-29(26-13)22(31)19(33-23)11-15-12-28(16-6-4-3-5-7-16)27-20(15)14-8-9-18(32-2)17(24)10-14/h3-12H,1-2H3. The molecule has 0 atom stereocenters. The first-order valence-corrected chi connectivity index (χ1v) is 11.5. The summed E-state index contributed by atoms with van der Waals surface area (Å²) in [6.07, 6.45) is 3.62. The van der Waals surface area contributed by atoms with E-state index >= 15 is 0 Å². The van der Waals surface area contributed by atoms with Gasteiger partial charge in [0.15, 0.2) is 0 Å². The molecule has 0 unspecified atom stereocenters. The Kier molecular flexibility index (Phi) is 5.39. The first kappa shape index (κ1) is 21.2. The zero-order chi connectivity index (χ0) is 23.1. The molecule has 0 saturated carbocycles. The molecule has 3 heterocycles. The summed E-state index contributed by atoms with van der Waals surface area (Å²) in [4.78, 5) is 29.0. The van der Waals surface area contributed by atoms with Crippen LogP contribution in [0.2, 0.25) is 0 Å². The second-order valence-electron chi connectivity index (χ2n) is 7.18. The maximum atomic E-state index is 12.9. The highest BCUT2D eigenvalue weighted by Crippen LogP contribution is 2.32. The van der Waals surface area contributed by atoms with Crippen molar-refractivity contribution in [3.05, 3.63) is 95.7 Å².